The molecule has 0 atom stereocenters. The van der Waals surface area contributed by atoms with Crippen LogP contribution in [0.4, 0.5) is 0 Å². The number of hydrogen-bond donors (Lipinski definition) is 0. The number of benzene rings is 1. The number of aryl methyl sites for hydroxylation is 1. The molecule has 0 fully saturated rings. The van der Waals surface area contributed by atoms with E-state index in [2.05, 4.69) is 0 Å². The summed E-state index contributed by atoms with van der Waals surface area (Å²) in [5.74, 6) is 1.15. The fourth-order valence-electron chi connectivity index (χ4n) is 2.01. The van der Waals surface area contributed by atoms with E-state index < -0.39 is 0 Å². The van der Waals surface area contributed by atoms with Gasteiger partial charge in [0.25, 0.3) is 0 Å². The molecular formula is C16H20O4. The Labute approximate surface area is 118 Å². The Hall–Kier alpha value is -1.97. The van der Waals surface area contributed by atoms with Crippen LogP contribution in [-0.2, 0) is 0 Å². The normalized spacial score (nSPS) is 10.8. The maximum atomic E-state index is 11.6. The third-order valence-electron chi connectivity index (χ3n) is 2.95. The van der Waals surface area contributed by atoms with Crippen LogP contribution >= 0.6 is 0 Å². The van der Waals surface area contributed by atoms with E-state index in [9.17, 15) is 4.79 Å². The standard InChI is InChI=1S/C16H20O4/c1-4-8-18-13-7-6-12-11(3)10-14(17)20-15(12)16(13)19-9-5-2/h6-7,10H,4-5,8-9H2,1-3H3. The van der Waals surface area contributed by atoms with Crippen LogP contribution in [0.5, 0.6) is 11.5 Å². The molecule has 0 saturated carbocycles. The van der Waals surface area contributed by atoms with Gasteiger partial charge in [-0.05, 0) is 37.5 Å². The molecule has 0 spiro atoms. The van der Waals surface area contributed by atoms with Crippen molar-refractivity contribution >= 4 is 11.0 Å². The molecule has 0 saturated heterocycles. The average Bonchev–Trinajstić information content (AvgIpc) is 2.43. The highest BCUT2D eigenvalue weighted by Crippen LogP contribution is 2.36. The summed E-state index contributed by atoms with van der Waals surface area (Å²) >= 11 is 0. The SMILES string of the molecule is CCCOc1ccc2c(C)cc(=O)oc2c1OCCC. The summed E-state index contributed by atoms with van der Waals surface area (Å²) in [7, 11) is 0. The van der Waals surface area contributed by atoms with E-state index in [-0.39, 0.29) is 5.63 Å². The lowest BCUT2D eigenvalue weighted by Crippen LogP contribution is -2.04. The largest absolute Gasteiger partial charge is 0.490 e. The molecule has 1 heterocycles. The van der Waals surface area contributed by atoms with Crippen molar-refractivity contribution < 1.29 is 13.9 Å². The maximum absolute atomic E-state index is 11.6. The van der Waals surface area contributed by atoms with Gasteiger partial charge in [-0.15, -0.1) is 0 Å². The van der Waals surface area contributed by atoms with Crippen LogP contribution in [0.1, 0.15) is 32.3 Å². The van der Waals surface area contributed by atoms with E-state index in [0.29, 0.717) is 30.3 Å². The van der Waals surface area contributed by atoms with Crippen molar-refractivity contribution in [2.45, 2.75) is 33.6 Å². The van der Waals surface area contributed by atoms with E-state index in [1.165, 1.54) is 6.07 Å². The van der Waals surface area contributed by atoms with Crippen LogP contribution in [0.3, 0.4) is 0 Å². The molecule has 2 aromatic rings. The second-order valence-electron chi connectivity index (χ2n) is 4.71. The zero-order chi connectivity index (χ0) is 14.5. The fourth-order valence-corrected chi connectivity index (χ4v) is 2.01. The highest BCUT2D eigenvalue weighted by Gasteiger charge is 2.14. The first-order valence-corrected chi connectivity index (χ1v) is 7.00. The smallest absolute Gasteiger partial charge is 0.336 e. The van der Waals surface area contributed by atoms with Crippen LogP contribution in [0.15, 0.2) is 27.4 Å². The Kier molecular flexibility index (Phi) is 4.66. The summed E-state index contributed by atoms with van der Waals surface area (Å²) in [6.45, 7) is 7.11. The van der Waals surface area contributed by atoms with Gasteiger partial charge in [0.2, 0.25) is 5.75 Å². The number of fused-ring (bicyclic) bond motifs is 1. The van der Waals surface area contributed by atoms with Gasteiger partial charge in [-0.3, -0.25) is 0 Å². The summed E-state index contributed by atoms with van der Waals surface area (Å²) in [5, 5.41) is 0.875. The first-order chi connectivity index (χ1) is 9.67. The van der Waals surface area contributed by atoms with Crippen molar-refractivity contribution in [3.05, 3.63) is 34.2 Å². The van der Waals surface area contributed by atoms with E-state index in [4.69, 9.17) is 13.9 Å². The summed E-state index contributed by atoms with van der Waals surface area (Å²) in [6, 6.07) is 5.26. The van der Waals surface area contributed by atoms with Gasteiger partial charge < -0.3 is 13.9 Å². The maximum Gasteiger partial charge on any atom is 0.336 e. The van der Waals surface area contributed by atoms with E-state index in [1.807, 2.05) is 32.9 Å². The average molecular weight is 276 g/mol. The second-order valence-corrected chi connectivity index (χ2v) is 4.71. The van der Waals surface area contributed by atoms with Crippen molar-refractivity contribution in [2.24, 2.45) is 0 Å². The summed E-state index contributed by atoms with van der Waals surface area (Å²) < 4.78 is 16.8. The molecule has 108 valence electrons. The minimum Gasteiger partial charge on any atom is -0.490 e. The lowest BCUT2D eigenvalue weighted by Gasteiger charge is -2.14. The summed E-state index contributed by atoms with van der Waals surface area (Å²) in [6.07, 6.45) is 1.78. The molecule has 4 nitrogen and oxygen atoms in total. The van der Waals surface area contributed by atoms with Crippen molar-refractivity contribution in [3.8, 4) is 11.5 Å². The summed E-state index contributed by atoms with van der Waals surface area (Å²) in [4.78, 5) is 11.6. The summed E-state index contributed by atoms with van der Waals surface area (Å²) in [5.41, 5.74) is 0.973. The molecule has 0 aliphatic rings. The van der Waals surface area contributed by atoms with Crippen LogP contribution in [0.25, 0.3) is 11.0 Å². The minimum atomic E-state index is -0.371. The zero-order valence-electron chi connectivity index (χ0n) is 12.2. The predicted octanol–water partition coefficient (Wildman–Crippen LogP) is 3.68. The molecule has 0 aliphatic heterocycles. The van der Waals surface area contributed by atoms with Gasteiger partial charge >= 0.3 is 5.63 Å². The monoisotopic (exact) mass is 276 g/mol. The molecule has 0 unspecified atom stereocenters. The van der Waals surface area contributed by atoms with Gasteiger partial charge in [0.15, 0.2) is 11.3 Å². The van der Waals surface area contributed by atoms with Crippen LogP contribution in [-0.4, -0.2) is 13.2 Å². The van der Waals surface area contributed by atoms with Crippen LogP contribution in [0.2, 0.25) is 0 Å². The van der Waals surface area contributed by atoms with E-state index in [1.54, 1.807) is 0 Å². The molecular weight excluding hydrogens is 256 g/mol. The molecule has 0 aliphatic carbocycles. The quantitative estimate of drug-likeness (QED) is 0.755. The van der Waals surface area contributed by atoms with E-state index >= 15 is 0 Å². The molecule has 0 N–H and O–H groups in total. The zero-order valence-corrected chi connectivity index (χ0v) is 12.2. The lowest BCUT2D eigenvalue weighted by molar-refractivity contribution is 0.267. The Morgan fingerprint density at radius 1 is 1.10 bits per heavy atom. The number of rotatable bonds is 6. The topological polar surface area (TPSA) is 48.7 Å². The first-order valence-electron chi connectivity index (χ1n) is 7.00. The fraction of sp³-hybridized carbons (Fsp3) is 0.438. The Morgan fingerprint density at radius 2 is 1.80 bits per heavy atom. The molecule has 0 radical (unpaired) electrons. The van der Waals surface area contributed by atoms with Gasteiger partial charge in [-0.25, -0.2) is 4.79 Å². The van der Waals surface area contributed by atoms with Gasteiger partial charge in [0.1, 0.15) is 0 Å². The molecule has 2 rings (SSSR count). The number of ether oxygens (including phenoxy) is 2. The van der Waals surface area contributed by atoms with Gasteiger partial charge in [-0.1, -0.05) is 13.8 Å². The Bertz CT molecular complexity index is 643. The predicted molar refractivity (Wildman–Crippen MR) is 78.8 cm³/mol. The van der Waals surface area contributed by atoms with Crippen LogP contribution < -0.4 is 15.1 Å². The van der Waals surface area contributed by atoms with Gasteiger partial charge in [-0.2, -0.15) is 0 Å². The van der Waals surface area contributed by atoms with Crippen molar-refractivity contribution in [1.82, 2.24) is 0 Å². The molecule has 0 amide bonds. The van der Waals surface area contributed by atoms with Crippen LogP contribution in [0, 0.1) is 6.92 Å². The van der Waals surface area contributed by atoms with E-state index in [0.717, 1.165) is 23.8 Å². The highest BCUT2D eigenvalue weighted by atomic mass is 16.5. The van der Waals surface area contributed by atoms with Crippen molar-refractivity contribution in [3.63, 3.8) is 0 Å². The minimum absolute atomic E-state index is 0.371. The first kappa shape index (κ1) is 14.4. The molecule has 4 heteroatoms. The Balaban J connectivity index is 2.59. The van der Waals surface area contributed by atoms with Gasteiger partial charge in [0, 0.05) is 11.5 Å². The molecule has 1 aromatic heterocycles. The molecule has 1 aromatic carbocycles. The third kappa shape index (κ3) is 2.95. The molecule has 20 heavy (non-hydrogen) atoms. The Morgan fingerprint density at radius 3 is 2.50 bits per heavy atom. The van der Waals surface area contributed by atoms with Crippen molar-refractivity contribution in [1.29, 1.82) is 0 Å². The van der Waals surface area contributed by atoms with Gasteiger partial charge in [0.05, 0.1) is 13.2 Å². The molecule has 0 bridgehead atoms. The highest BCUT2D eigenvalue weighted by molar-refractivity contribution is 5.87. The third-order valence-corrected chi connectivity index (χ3v) is 2.95. The lowest BCUT2D eigenvalue weighted by atomic mass is 10.1. The number of hydrogen-bond acceptors (Lipinski definition) is 4. The van der Waals surface area contributed by atoms with Crippen molar-refractivity contribution in [2.75, 3.05) is 13.2 Å². The second kappa shape index (κ2) is 6.46.